The third-order valence-corrected chi connectivity index (χ3v) is 2.82. The lowest BCUT2D eigenvalue weighted by Crippen LogP contribution is -2.41. The van der Waals surface area contributed by atoms with Crippen molar-refractivity contribution in [3.05, 3.63) is 41.5 Å². The molecular weight excluding hydrogens is 186 g/mol. The van der Waals surface area contributed by atoms with Gasteiger partial charge < -0.3 is 5.73 Å². The maximum absolute atomic E-state index is 5.49. The standard InChI is InChI=1S/C12H17N3/c1-15(14-9-13)12-8-4-6-10-5-2-3-7-11(10)12/h2-7,12,14H,8-9,13H2,1H3. The van der Waals surface area contributed by atoms with Gasteiger partial charge in [0.25, 0.3) is 0 Å². The molecule has 1 aliphatic carbocycles. The van der Waals surface area contributed by atoms with Crippen LogP contribution >= 0.6 is 0 Å². The topological polar surface area (TPSA) is 41.3 Å². The van der Waals surface area contributed by atoms with E-state index in [1.165, 1.54) is 11.1 Å². The molecule has 3 nitrogen and oxygen atoms in total. The highest BCUT2D eigenvalue weighted by molar-refractivity contribution is 5.57. The molecule has 0 saturated carbocycles. The van der Waals surface area contributed by atoms with Crippen LogP contribution in [-0.2, 0) is 0 Å². The van der Waals surface area contributed by atoms with Crippen molar-refractivity contribution < 1.29 is 0 Å². The molecule has 1 atom stereocenters. The fourth-order valence-corrected chi connectivity index (χ4v) is 2.04. The van der Waals surface area contributed by atoms with Crippen LogP contribution in [0.25, 0.3) is 6.08 Å². The van der Waals surface area contributed by atoms with E-state index in [9.17, 15) is 0 Å². The van der Waals surface area contributed by atoms with Gasteiger partial charge in [-0.3, -0.25) is 0 Å². The number of hydrogen-bond donors (Lipinski definition) is 2. The summed E-state index contributed by atoms with van der Waals surface area (Å²) in [6.07, 6.45) is 5.42. The largest absolute Gasteiger partial charge is 0.317 e. The minimum Gasteiger partial charge on any atom is -0.317 e. The minimum absolute atomic E-state index is 0.384. The number of benzene rings is 1. The van der Waals surface area contributed by atoms with E-state index >= 15 is 0 Å². The monoisotopic (exact) mass is 203 g/mol. The summed E-state index contributed by atoms with van der Waals surface area (Å²) in [6.45, 7) is 0.471. The number of nitrogens with one attached hydrogen (secondary N) is 1. The van der Waals surface area contributed by atoms with Crippen LogP contribution in [0.15, 0.2) is 30.3 Å². The van der Waals surface area contributed by atoms with Crippen molar-refractivity contribution in [2.45, 2.75) is 12.5 Å². The molecule has 0 fully saturated rings. The van der Waals surface area contributed by atoms with Crippen molar-refractivity contribution in [1.82, 2.24) is 10.4 Å². The Morgan fingerprint density at radius 1 is 1.47 bits per heavy atom. The quantitative estimate of drug-likeness (QED) is 0.578. The van der Waals surface area contributed by atoms with E-state index in [2.05, 4.69) is 46.9 Å². The fraction of sp³-hybridized carbons (Fsp3) is 0.333. The Hall–Kier alpha value is -1.16. The van der Waals surface area contributed by atoms with Crippen LogP contribution < -0.4 is 11.2 Å². The highest BCUT2D eigenvalue weighted by atomic mass is 15.5. The first-order valence-corrected chi connectivity index (χ1v) is 5.25. The molecule has 3 heteroatoms. The average Bonchev–Trinajstić information content (AvgIpc) is 2.28. The van der Waals surface area contributed by atoms with Gasteiger partial charge in [-0.1, -0.05) is 36.4 Å². The first-order valence-electron chi connectivity index (χ1n) is 5.25. The van der Waals surface area contributed by atoms with Gasteiger partial charge in [-0.05, 0) is 17.5 Å². The Balaban J connectivity index is 2.25. The van der Waals surface area contributed by atoms with Crippen LogP contribution in [0.3, 0.4) is 0 Å². The van der Waals surface area contributed by atoms with Gasteiger partial charge in [0, 0.05) is 7.05 Å². The van der Waals surface area contributed by atoms with Gasteiger partial charge in [-0.25, -0.2) is 10.4 Å². The van der Waals surface area contributed by atoms with Crippen molar-refractivity contribution in [2.75, 3.05) is 13.7 Å². The highest BCUT2D eigenvalue weighted by Gasteiger charge is 2.19. The van der Waals surface area contributed by atoms with Crippen LogP contribution in [0.5, 0.6) is 0 Å². The number of nitrogens with two attached hydrogens (primary N) is 1. The first kappa shape index (κ1) is 10.4. The van der Waals surface area contributed by atoms with E-state index in [4.69, 9.17) is 5.73 Å². The van der Waals surface area contributed by atoms with Crippen molar-refractivity contribution in [3.8, 4) is 0 Å². The number of rotatable bonds is 3. The molecule has 80 valence electrons. The van der Waals surface area contributed by atoms with Gasteiger partial charge in [0.05, 0.1) is 12.7 Å². The molecule has 3 N–H and O–H groups in total. The zero-order valence-electron chi connectivity index (χ0n) is 8.98. The molecule has 15 heavy (non-hydrogen) atoms. The van der Waals surface area contributed by atoms with E-state index in [0.717, 1.165) is 6.42 Å². The van der Waals surface area contributed by atoms with Crippen LogP contribution in [0.1, 0.15) is 23.6 Å². The Morgan fingerprint density at radius 2 is 2.27 bits per heavy atom. The Morgan fingerprint density at radius 3 is 3.07 bits per heavy atom. The molecular formula is C12H17N3. The summed E-state index contributed by atoms with van der Waals surface area (Å²) in [5, 5.41) is 2.09. The summed E-state index contributed by atoms with van der Waals surface area (Å²) in [6, 6.07) is 8.87. The molecule has 1 aliphatic rings. The second-order valence-electron chi connectivity index (χ2n) is 3.76. The van der Waals surface area contributed by atoms with Gasteiger partial charge >= 0.3 is 0 Å². The van der Waals surface area contributed by atoms with Gasteiger partial charge in [-0.15, -0.1) is 0 Å². The lowest BCUT2D eigenvalue weighted by molar-refractivity contribution is 0.166. The summed E-state index contributed by atoms with van der Waals surface area (Å²) < 4.78 is 0. The lowest BCUT2D eigenvalue weighted by Gasteiger charge is -2.30. The molecule has 0 spiro atoms. The molecule has 0 amide bonds. The van der Waals surface area contributed by atoms with E-state index in [-0.39, 0.29) is 0 Å². The predicted octanol–water partition coefficient (Wildman–Crippen LogP) is 1.50. The third-order valence-electron chi connectivity index (χ3n) is 2.82. The molecule has 0 aliphatic heterocycles. The van der Waals surface area contributed by atoms with Gasteiger partial charge in [-0.2, -0.15) is 0 Å². The van der Waals surface area contributed by atoms with Crippen LogP contribution in [0.2, 0.25) is 0 Å². The molecule has 1 aromatic carbocycles. The Bertz CT molecular complexity index is 360. The van der Waals surface area contributed by atoms with E-state index in [1.807, 2.05) is 7.05 Å². The second kappa shape index (κ2) is 4.57. The zero-order chi connectivity index (χ0) is 10.7. The van der Waals surface area contributed by atoms with Crippen molar-refractivity contribution in [3.63, 3.8) is 0 Å². The molecule has 1 aromatic rings. The predicted molar refractivity (Wildman–Crippen MR) is 62.8 cm³/mol. The molecule has 0 saturated heterocycles. The fourth-order valence-electron chi connectivity index (χ4n) is 2.04. The van der Waals surface area contributed by atoms with Crippen molar-refractivity contribution >= 4 is 6.08 Å². The Labute approximate surface area is 90.5 Å². The van der Waals surface area contributed by atoms with E-state index < -0.39 is 0 Å². The molecule has 1 unspecified atom stereocenters. The summed E-state index contributed by atoms with van der Waals surface area (Å²) >= 11 is 0. The van der Waals surface area contributed by atoms with Crippen molar-refractivity contribution in [1.29, 1.82) is 0 Å². The number of hydrogen-bond acceptors (Lipinski definition) is 3. The van der Waals surface area contributed by atoms with E-state index in [0.29, 0.717) is 12.7 Å². The summed E-state index contributed by atoms with van der Waals surface area (Å²) in [4.78, 5) is 0. The molecule has 0 radical (unpaired) electrons. The normalized spacial score (nSPS) is 19.3. The molecule has 0 aromatic heterocycles. The lowest BCUT2D eigenvalue weighted by atomic mass is 9.93. The van der Waals surface area contributed by atoms with Crippen LogP contribution in [0.4, 0.5) is 0 Å². The van der Waals surface area contributed by atoms with Gasteiger partial charge in [0.15, 0.2) is 0 Å². The van der Waals surface area contributed by atoms with Crippen molar-refractivity contribution in [2.24, 2.45) is 5.73 Å². The SMILES string of the molecule is CN(NCN)C1CC=Cc2ccccc21. The summed E-state index contributed by atoms with van der Waals surface area (Å²) in [7, 11) is 2.04. The van der Waals surface area contributed by atoms with Crippen LogP contribution in [-0.4, -0.2) is 18.7 Å². The molecule has 2 rings (SSSR count). The Kier molecular flexibility index (Phi) is 3.16. The molecule has 0 bridgehead atoms. The third kappa shape index (κ3) is 2.09. The maximum atomic E-state index is 5.49. The summed E-state index contributed by atoms with van der Waals surface area (Å²) in [5.74, 6) is 0. The maximum Gasteiger partial charge on any atom is 0.0567 e. The minimum atomic E-state index is 0.384. The second-order valence-corrected chi connectivity index (χ2v) is 3.76. The number of fused-ring (bicyclic) bond motifs is 1. The number of hydrazine groups is 1. The summed E-state index contributed by atoms with van der Waals surface area (Å²) in [5.41, 5.74) is 11.3. The molecule has 0 heterocycles. The van der Waals surface area contributed by atoms with Gasteiger partial charge in [0.2, 0.25) is 0 Å². The van der Waals surface area contributed by atoms with E-state index in [1.54, 1.807) is 0 Å². The highest BCUT2D eigenvalue weighted by Crippen LogP contribution is 2.30. The van der Waals surface area contributed by atoms with Gasteiger partial charge in [0.1, 0.15) is 0 Å². The smallest absolute Gasteiger partial charge is 0.0567 e. The average molecular weight is 203 g/mol. The first-order chi connectivity index (χ1) is 7.33. The zero-order valence-corrected chi connectivity index (χ0v) is 8.98. The number of nitrogens with zero attached hydrogens (tertiary/aromatic N) is 1. The van der Waals surface area contributed by atoms with Crippen LogP contribution in [0, 0.1) is 0 Å².